The van der Waals surface area contributed by atoms with E-state index < -0.39 is 17.7 Å². The van der Waals surface area contributed by atoms with Crippen LogP contribution in [-0.4, -0.2) is 39.2 Å². The highest BCUT2D eigenvalue weighted by atomic mass is 32.1. The SMILES string of the molecule is COC(=O)c1c(NC(=O)Cn2nnc(-c3cccc(F)c3)n2)sc2c1CCC(C)C2. The van der Waals surface area contributed by atoms with Gasteiger partial charge in [0, 0.05) is 10.4 Å². The lowest BCUT2D eigenvalue weighted by Gasteiger charge is -2.18. The van der Waals surface area contributed by atoms with Gasteiger partial charge in [-0.05, 0) is 48.1 Å². The summed E-state index contributed by atoms with van der Waals surface area (Å²) >= 11 is 1.41. The summed E-state index contributed by atoms with van der Waals surface area (Å²) in [4.78, 5) is 27.2. The van der Waals surface area contributed by atoms with Gasteiger partial charge in [0.25, 0.3) is 0 Å². The predicted molar refractivity (Wildman–Crippen MR) is 109 cm³/mol. The number of thiophene rings is 1. The van der Waals surface area contributed by atoms with Gasteiger partial charge in [0.2, 0.25) is 11.7 Å². The van der Waals surface area contributed by atoms with Crippen molar-refractivity contribution in [1.82, 2.24) is 20.2 Å². The maximum atomic E-state index is 13.4. The molecule has 1 unspecified atom stereocenters. The smallest absolute Gasteiger partial charge is 0.341 e. The summed E-state index contributed by atoms with van der Waals surface area (Å²) < 4.78 is 18.3. The van der Waals surface area contributed by atoms with E-state index in [4.69, 9.17) is 4.74 Å². The van der Waals surface area contributed by atoms with Crippen LogP contribution in [0.5, 0.6) is 0 Å². The van der Waals surface area contributed by atoms with Crippen LogP contribution < -0.4 is 5.32 Å². The zero-order valence-corrected chi connectivity index (χ0v) is 17.3. The highest BCUT2D eigenvalue weighted by Crippen LogP contribution is 2.40. The maximum Gasteiger partial charge on any atom is 0.341 e. The van der Waals surface area contributed by atoms with Crippen molar-refractivity contribution < 1.29 is 18.7 Å². The number of benzene rings is 1. The molecule has 0 saturated heterocycles. The average molecular weight is 429 g/mol. The molecule has 2 heterocycles. The lowest BCUT2D eigenvalue weighted by atomic mass is 9.88. The van der Waals surface area contributed by atoms with Gasteiger partial charge in [-0.25, -0.2) is 9.18 Å². The van der Waals surface area contributed by atoms with E-state index in [1.165, 1.54) is 30.6 Å². The molecule has 2 aromatic heterocycles. The van der Waals surface area contributed by atoms with Crippen LogP contribution in [-0.2, 0) is 28.9 Å². The van der Waals surface area contributed by atoms with Gasteiger partial charge in [-0.1, -0.05) is 19.1 Å². The third kappa shape index (κ3) is 4.09. The van der Waals surface area contributed by atoms with E-state index in [1.807, 2.05) is 0 Å². The van der Waals surface area contributed by atoms with Crippen LogP contribution in [0.25, 0.3) is 11.4 Å². The normalized spacial score (nSPS) is 15.5. The molecule has 1 atom stereocenters. The van der Waals surface area contributed by atoms with Gasteiger partial charge in [0.15, 0.2) is 0 Å². The number of anilines is 1. The van der Waals surface area contributed by atoms with E-state index in [1.54, 1.807) is 12.1 Å². The molecular formula is C20H20FN5O3S. The minimum Gasteiger partial charge on any atom is -0.465 e. The first-order valence-electron chi connectivity index (χ1n) is 9.51. The Morgan fingerprint density at radius 1 is 1.40 bits per heavy atom. The summed E-state index contributed by atoms with van der Waals surface area (Å²) in [6.07, 6.45) is 2.66. The zero-order valence-electron chi connectivity index (χ0n) is 16.5. The van der Waals surface area contributed by atoms with E-state index in [-0.39, 0.29) is 12.4 Å². The number of hydrogen-bond donors (Lipinski definition) is 1. The van der Waals surface area contributed by atoms with Gasteiger partial charge in [-0.15, -0.1) is 21.5 Å². The van der Waals surface area contributed by atoms with E-state index >= 15 is 0 Å². The molecule has 10 heteroatoms. The third-order valence-electron chi connectivity index (χ3n) is 4.97. The first-order chi connectivity index (χ1) is 14.4. The number of nitrogens with zero attached hydrogens (tertiary/aromatic N) is 4. The Morgan fingerprint density at radius 3 is 3.00 bits per heavy atom. The lowest BCUT2D eigenvalue weighted by molar-refractivity contribution is -0.117. The number of amides is 1. The Bertz CT molecular complexity index is 1110. The molecule has 1 aliphatic carbocycles. The minimum atomic E-state index is -0.454. The second-order valence-corrected chi connectivity index (χ2v) is 8.35. The second-order valence-electron chi connectivity index (χ2n) is 7.25. The Balaban J connectivity index is 1.51. The maximum absolute atomic E-state index is 13.4. The largest absolute Gasteiger partial charge is 0.465 e. The summed E-state index contributed by atoms with van der Waals surface area (Å²) in [5.41, 5.74) is 1.87. The molecule has 0 saturated carbocycles. The predicted octanol–water partition coefficient (Wildman–Crippen LogP) is 3.09. The molecule has 0 fully saturated rings. The summed E-state index contributed by atoms with van der Waals surface area (Å²) in [7, 11) is 1.33. The van der Waals surface area contributed by atoms with Crippen molar-refractivity contribution in [3.8, 4) is 11.4 Å². The topological polar surface area (TPSA) is 99.0 Å². The van der Waals surface area contributed by atoms with Crippen molar-refractivity contribution in [1.29, 1.82) is 0 Å². The summed E-state index contributed by atoms with van der Waals surface area (Å²) in [6.45, 7) is 1.98. The molecule has 0 bridgehead atoms. The van der Waals surface area contributed by atoms with E-state index in [9.17, 15) is 14.0 Å². The van der Waals surface area contributed by atoms with E-state index in [2.05, 4.69) is 27.7 Å². The van der Waals surface area contributed by atoms with Gasteiger partial charge in [0.05, 0.1) is 12.7 Å². The number of hydrogen-bond acceptors (Lipinski definition) is 7. The van der Waals surface area contributed by atoms with Crippen molar-refractivity contribution >= 4 is 28.2 Å². The van der Waals surface area contributed by atoms with Crippen LogP contribution in [0.4, 0.5) is 9.39 Å². The molecule has 0 spiro atoms. The summed E-state index contributed by atoms with van der Waals surface area (Å²) in [5.74, 6) is -0.503. The van der Waals surface area contributed by atoms with Gasteiger partial charge in [0.1, 0.15) is 17.4 Å². The van der Waals surface area contributed by atoms with E-state index in [0.717, 1.165) is 34.5 Å². The number of aromatic nitrogens is 4. The van der Waals surface area contributed by atoms with E-state index in [0.29, 0.717) is 22.0 Å². The number of halogens is 1. The number of rotatable bonds is 5. The van der Waals surface area contributed by atoms with Gasteiger partial charge in [-0.2, -0.15) is 4.80 Å². The molecule has 1 aliphatic rings. The van der Waals surface area contributed by atoms with Crippen molar-refractivity contribution in [2.75, 3.05) is 12.4 Å². The molecular weight excluding hydrogens is 409 g/mol. The number of fused-ring (bicyclic) bond motifs is 1. The Morgan fingerprint density at radius 2 is 2.23 bits per heavy atom. The average Bonchev–Trinajstić information content (AvgIpc) is 3.31. The van der Waals surface area contributed by atoms with Gasteiger partial charge in [-0.3, -0.25) is 4.79 Å². The highest BCUT2D eigenvalue weighted by molar-refractivity contribution is 7.17. The van der Waals surface area contributed by atoms with Crippen LogP contribution in [0.1, 0.15) is 34.1 Å². The summed E-state index contributed by atoms with van der Waals surface area (Å²) in [6, 6.07) is 5.82. The van der Waals surface area contributed by atoms with Crippen LogP contribution in [0.15, 0.2) is 24.3 Å². The fraction of sp³-hybridized carbons (Fsp3) is 0.350. The highest BCUT2D eigenvalue weighted by Gasteiger charge is 2.29. The zero-order chi connectivity index (χ0) is 21.3. The Hall–Kier alpha value is -3.14. The molecule has 30 heavy (non-hydrogen) atoms. The lowest BCUT2D eigenvalue weighted by Crippen LogP contribution is -2.21. The van der Waals surface area contributed by atoms with Crippen molar-refractivity contribution in [2.45, 2.75) is 32.7 Å². The number of nitrogens with one attached hydrogen (secondary N) is 1. The first-order valence-corrected chi connectivity index (χ1v) is 10.3. The first kappa shape index (κ1) is 20.1. The van der Waals surface area contributed by atoms with Crippen LogP contribution in [0, 0.1) is 11.7 Å². The molecule has 1 aromatic carbocycles. The molecule has 156 valence electrons. The molecule has 8 nitrogen and oxygen atoms in total. The van der Waals surface area contributed by atoms with Crippen molar-refractivity contribution in [3.05, 3.63) is 46.1 Å². The minimum absolute atomic E-state index is 0.193. The molecule has 4 rings (SSSR count). The number of esters is 1. The number of methoxy groups -OCH3 is 1. The van der Waals surface area contributed by atoms with Crippen LogP contribution in [0.2, 0.25) is 0 Å². The molecule has 3 aromatic rings. The quantitative estimate of drug-likeness (QED) is 0.626. The molecule has 0 aliphatic heterocycles. The number of carbonyl (C=O) groups excluding carboxylic acids is 2. The second kappa shape index (κ2) is 8.31. The van der Waals surface area contributed by atoms with Crippen molar-refractivity contribution in [3.63, 3.8) is 0 Å². The third-order valence-corrected chi connectivity index (χ3v) is 6.14. The van der Waals surface area contributed by atoms with Crippen LogP contribution in [0.3, 0.4) is 0 Å². The summed E-state index contributed by atoms with van der Waals surface area (Å²) in [5, 5.41) is 15.1. The molecule has 0 radical (unpaired) electrons. The molecule has 1 N–H and O–H groups in total. The fourth-order valence-electron chi connectivity index (χ4n) is 3.50. The number of ether oxygens (including phenoxy) is 1. The van der Waals surface area contributed by atoms with Crippen LogP contribution >= 0.6 is 11.3 Å². The molecule has 1 amide bonds. The monoisotopic (exact) mass is 429 g/mol. The Labute approximate surface area is 176 Å². The number of carbonyl (C=O) groups is 2. The fourth-order valence-corrected chi connectivity index (χ4v) is 4.92. The van der Waals surface area contributed by atoms with Gasteiger partial charge < -0.3 is 10.1 Å². The standard InChI is InChI=1S/C20H20FN5O3S/c1-11-6-7-14-15(8-11)30-19(17(14)20(28)29-2)22-16(27)10-26-24-18(23-25-26)12-4-3-5-13(21)9-12/h3-5,9,11H,6-8,10H2,1-2H3,(H,22,27). The van der Waals surface area contributed by atoms with Gasteiger partial charge >= 0.3 is 5.97 Å². The van der Waals surface area contributed by atoms with Crippen molar-refractivity contribution in [2.24, 2.45) is 5.92 Å². The Kier molecular flexibility index (Phi) is 5.58. The number of tetrazole rings is 1.